The second-order valence-corrected chi connectivity index (χ2v) is 7.33. The van der Waals surface area contributed by atoms with Crippen molar-refractivity contribution in [3.63, 3.8) is 0 Å². The molecule has 3 aromatic rings. The molecule has 29 heavy (non-hydrogen) atoms. The van der Waals surface area contributed by atoms with Gasteiger partial charge in [0.25, 0.3) is 11.8 Å². The molecule has 0 saturated carbocycles. The summed E-state index contributed by atoms with van der Waals surface area (Å²) in [5.41, 5.74) is 3.04. The fourth-order valence-electron chi connectivity index (χ4n) is 3.86. The number of aryl methyl sites for hydroxylation is 1. The first-order valence-electron chi connectivity index (χ1n) is 9.70. The van der Waals surface area contributed by atoms with Gasteiger partial charge in [0, 0.05) is 42.2 Å². The molecule has 0 unspecified atom stereocenters. The Labute approximate surface area is 169 Å². The molecule has 1 aliphatic heterocycles. The number of amides is 3. The Morgan fingerprint density at radius 1 is 0.897 bits per heavy atom. The van der Waals surface area contributed by atoms with E-state index in [0.29, 0.717) is 24.1 Å². The molecule has 0 atom stereocenters. The molecule has 3 aromatic carbocycles. The maximum Gasteiger partial charge on any atom is 0.261 e. The Morgan fingerprint density at radius 3 is 2.03 bits per heavy atom. The second-order valence-electron chi connectivity index (χ2n) is 7.33. The Hall–Kier alpha value is -3.47. The summed E-state index contributed by atoms with van der Waals surface area (Å²) in [6.07, 6.45) is 0.503. The highest BCUT2D eigenvalue weighted by Crippen LogP contribution is 2.30. The normalized spacial score (nSPS) is 13.1. The van der Waals surface area contributed by atoms with E-state index in [9.17, 15) is 14.4 Å². The molecule has 0 aliphatic carbocycles. The molecule has 1 heterocycles. The van der Waals surface area contributed by atoms with Crippen molar-refractivity contribution in [1.29, 1.82) is 0 Å². The molecular weight excluding hydrogens is 364 g/mol. The fourth-order valence-corrected chi connectivity index (χ4v) is 3.86. The molecule has 0 radical (unpaired) electrons. The zero-order valence-corrected chi connectivity index (χ0v) is 16.5. The lowest BCUT2D eigenvalue weighted by atomic mass is 9.94. The fraction of sp³-hybridized carbons (Fsp3) is 0.208. The van der Waals surface area contributed by atoms with Crippen LogP contribution in [-0.2, 0) is 4.79 Å². The van der Waals surface area contributed by atoms with E-state index >= 15 is 0 Å². The van der Waals surface area contributed by atoms with Gasteiger partial charge in [-0.05, 0) is 43.0 Å². The first-order valence-corrected chi connectivity index (χ1v) is 9.70. The predicted octanol–water partition coefficient (Wildman–Crippen LogP) is 4.19. The van der Waals surface area contributed by atoms with Crippen LogP contribution in [0, 0.1) is 6.92 Å². The minimum Gasteiger partial charge on any atom is -0.313 e. The third-order valence-corrected chi connectivity index (χ3v) is 5.35. The minimum absolute atomic E-state index is 0.0692. The first kappa shape index (κ1) is 18.9. The molecular formula is C24H22N2O3. The van der Waals surface area contributed by atoms with Crippen LogP contribution in [0.4, 0.5) is 5.69 Å². The van der Waals surface area contributed by atoms with Crippen molar-refractivity contribution in [2.24, 2.45) is 0 Å². The topological polar surface area (TPSA) is 57.7 Å². The highest BCUT2D eigenvalue weighted by molar-refractivity contribution is 6.25. The number of hydrogen-bond acceptors (Lipinski definition) is 3. The van der Waals surface area contributed by atoms with Gasteiger partial charge < -0.3 is 4.90 Å². The molecule has 0 aromatic heterocycles. The lowest BCUT2D eigenvalue weighted by Gasteiger charge is -2.28. The van der Waals surface area contributed by atoms with Gasteiger partial charge in [-0.2, -0.15) is 0 Å². The Bertz CT molecular complexity index is 1070. The third kappa shape index (κ3) is 3.40. The quantitative estimate of drug-likeness (QED) is 0.618. The minimum atomic E-state index is -0.274. The summed E-state index contributed by atoms with van der Waals surface area (Å²) < 4.78 is 0. The molecule has 0 fully saturated rings. The molecule has 5 heteroatoms. The molecule has 0 bridgehead atoms. The molecule has 3 amide bonds. The standard InChI is InChI=1S/C24H22N2O3/c1-16-10-12-19(13-11-16)25(17(2)27)14-5-15-26-23(28)20-8-3-6-18-7-4-9-21(22(18)20)24(26)29/h3-4,6-13H,5,14-15H2,1-2H3. The van der Waals surface area contributed by atoms with Crippen LogP contribution >= 0.6 is 0 Å². The SMILES string of the molecule is CC(=O)N(CCCN1C(=O)c2cccc3cccc(c23)C1=O)c1ccc(C)cc1. The van der Waals surface area contributed by atoms with Gasteiger partial charge in [-0.1, -0.05) is 42.0 Å². The van der Waals surface area contributed by atoms with Gasteiger partial charge in [0.2, 0.25) is 5.91 Å². The number of carbonyl (C=O) groups excluding carboxylic acids is 3. The maximum atomic E-state index is 13.0. The van der Waals surface area contributed by atoms with E-state index in [1.807, 2.05) is 55.5 Å². The Morgan fingerprint density at radius 2 is 1.48 bits per heavy atom. The largest absolute Gasteiger partial charge is 0.313 e. The zero-order valence-electron chi connectivity index (χ0n) is 16.5. The summed E-state index contributed by atoms with van der Waals surface area (Å²) in [6, 6.07) is 18.8. The maximum absolute atomic E-state index is 13.0. The molecule has 5 nitrogen and oxygen atoms in total. The van der Waals surface area contributed by atoms with Crippen LogP contribution in [0.5, 0.6) is 0 Å². The van der Waals surface area contributed by atoms with Crippen molar-refractivity contribution >= 4 is 34.2 Å². The third-order valence-electron chi connectivity index (χ3n) is 5.35. The van der Waals surface area contributed by atoms with Crippen molar-refractivity contribution < 1.29 is 14.4 Å². The van der Waals surface area contributed by atoms with Crippen LogP contribution in [-0.4, -0.2) is 35.7 Å². The summed E-state index contributed by atoms with van der Waals surface area (Å²) in [5, 5.41) is 1.62. The summed E-state index contributed by atoms with van der Waals surface area (Å²) in [4.78, 5) is 41.0. The first-order chi connectivity index (χ1) is 14.0. The summed E-state index contributed by atoms with van der Waals surface area (Å²) in [7, 11) is 0. The van der Waals surface area contributed by atoms with E-state index in [4.69, 9.17) is 0 Å². The van der Waals surface area contributed by atoms with E-state index in [0.717, 1.165) is 22.0 Å². The number of carbonyl (C=O) groups is 3. The van der Waals surface area contributed by atoms with Crippen molar-refractivity contribution in [3.05, 3.63) is 77.4 Å². The number of nitrogens with zero attached hydrogens (tertiary/aromatic N) is 2. The summed E-state index contributed by atoms with van der Waals surface area (Å²) >= 11 is 0. The lowest BCUT2D eigenvalue weighted by molar-refractivity contribution is -0.116. The van der Waals surface area contributed by atoms with Crippen LogP contribution < -0.4 is 4.90 Å². The highest BCUT2D eigenvalue weighted by Gasteiger charge is 2.32. The Kier molecular flexibility index (Phi) is 4.89. The lowest BCUT2D eigenvalue weighted by Crippen LogP contribution is -2.42. The van der Waals surface area contributed by atoms with Crippen molar-refractivity contribution in [2.75, 3.05) is 18.0 Å². The molecule has 1 aliphatic rings. The van der Waals surface area contributed by atoms with Crippen LogP contribution in [0.15, 0.2) is 60.7 Å². The van der Waals surface area contributed by atoms with E-state index in [1.54, 1.807) is 17.0 Å². The van der Waals surface area contributed by atoms with Gasteiger partial charge in [0.05, 0.1) is 0 Å². The second kappa shape index (κ2) is 7.51. The predicted molar refractivity (Wildman–Crippen MR) is 113 cm³/mol. The van der Waals surface area contributed by atoms with E-state index < -0.39 is 0 Å². The van der Waals surface area contributed by atoms with E-state index in [2.05, 4.69) is 0 Å². The smallest absolute Gasteiger partial charge is 0.261 e. The average molecular weight is 386 g/mol. The number of rotatable bonds is 5. The van der Waals surface area contributed by atoms with E-state index in [1.165, 1.54) is 11.8 Å². The number of hydrogen-bond donors (Lipinski definition) is 0. The van der Waals surface area contributed by atoms with Crippen molar-refractivity contribution in [1.82, 2.24) is 4.90 Å². The monoisotopic (exact) mass is 386 g/mol. The summed E-state index contributed by atoms with van der Waals surface area (Å²) in [5.74, 6) is -0.617. The molecule has 0 saturated heterocycles. The molecule has 0 N–H and O–H groups in total. The number of benzene rings is 3. The van der Waals surface area contributed by atoms with Gasteiger partial charge >= 0.3 is 0 Å². The van der Waals surface area contributed by atoms with Gasteiger partial charge in [0.1, 0.15) is 0 Å². The van der Waals surface area contributed by atoms with Crippen molar-refractivity contribution in [3.8, 4) is 0 Å². The molecule has 146 valence electrons. The van der Waals surface area contributed by atoms with Crippen LogP contribution in [0.1, 0.15) is 39.6 Å². The number of imide groups is 1. The van der Waals surface area contributed by atoms with Crippen LogP contribution in [0.2, 0.25) is 0 Å². The van der Waals surface area contributed by atoms with Gasteiger partial charge in [-0.3, -0.25) is 19.3 Å². The zero-order chi connectivity index (χ0) is 20.5. The number of anilines is 1. The average Bonchev–Trinajstić information content (AvgIpc) is 2.72. The highest BCUT2D eigenvalue weighted by atomic mass is 16.2. The van der Waals surface area contributed by atoms with Gasteiger partial charge in [-0.25, -0.2) is 0 Å². The molecule has 0 spiro atoms. The van der Waals surface area contributed by atoms with Crippen molar-refractivity contribution in [2.45, 2.75) is 20.3 Å². The van der Waals surface area contributed by atoms with E-state index in [-0.39, 0.29) is 24.3 Å². The Balaban J connectivity index is 1.53. The van der Waals surface area contributed by atoms with Crippen LogP contribution in [0.3, 0.4) is 0 Å². The van der Waals surface area contributed by atoms with Crippen LogP contribution in [0.25, 0.3) is 10.8 Å². The van der Waals surface area contributed by atoms with Gasteiger partial charge in [-0.15, -0.1) is 0 Å². The van der Waals surface area contributed by atoms with Gasteiger partial charge in [0.15, 0.2) is 0 Å². The summed E-state index contributed by atoms with van der Waals surface area (Å²) in [6.45, 7) is 4.21. The molecule has 4 rings (SSSR count).